The smallest absolute Gasteiger partial charge is 0.318 e. The average molecular weight is 265 g/mol. The highest BCUT2D eigenvalue weighted by Crippen LogP contribution is 2.38. The molecule has 0 heterocycles. The van der Waals surface area contributed by atoms with Gasteiger partial charge in [0.05, 0.1) is 11.1 Å². The van der Waals surface area contributed by atoms with Crippen LogP contribution >= 0.6 is 0 Å². The molecule has 1 unspecified atom stereocenters. The summed E-state index contributed by atoms with van der Waals surface area (Å²) in [6, 6.07) is 14.2. The molecule has 2 rings (SSSR count). The summed E-state index contributed by atoms with van der Waals surface area (Å²) >= 11 is 0. The topological polar surface area (TPSA) is 26.0 Å². The Bertz CT molecular complexity index is 559. The van der Waals surface area contributed by atoms with Gasteiger partial charge in [-0.05, 0) is 24.1 Å². The van der Waals surface area contributed by atoms with E-state index in [1.54, 1.807) is 43.3 Å². The zero-order chi connectivity index (χ0) is 14.1. The number of hydrogen-bond donors (Lipinski definition) is 1. The summed E-state index contributed by atoms with van der Waals surface area (Å²) in [5.74, 6) is 0. The molecule has 0 amide bonds. The second-order valence-electron chi connectivity index (χ2n) is 4.61. The first-order valence-electron chi connectivity index (χ1n) is 5.84. The third kappa shape index (κ3) is 2.63. The highest BCUT2D eigenvalue weighted by molar-refractivity contribution is 5.42. The van der Waals surface area contributed by atoms with Gasteiger partial charge in [-0.2, -0.15) is 13.2 Å². The van der Waals surface area contributed by atoms with Crippen LogP contribution < -0.4 is 5.73 Å². The summed E-state index contributed by atoms with van der Waals surface area (Å²) in [4.78, 5) is 0. The molecule has 4 heteroatoms. The van der Waals surface area contributed by atoms with Crippen molar-refractivity contribution in [1.82, 2.24) is 0 Å². The first-order chi connectivity index (χ1) is 8.83. The number of halogens is 3. The zero-order valence-electron chi connectivity index (χ0n) is 10.4. The minimum atomic E-state index is -4.41. The van der Waals surface area contributed by atoms with E-state index in [9.17, 15) is 13.2 Å². The van der Waals surface area contributed by atoms with E-state index in [1.165, 1.54) is 12.1 Å². The molecule has 0 fully saturated rings. The molecule has 0 saturated carbocycles. The molecule has 0 aliphatic heterocycles. The zero-order valence-corrected chi connectivity index (χ0v) is 10.4. The lowest BCUT2D eigenvalue weighted by molar-refractivity contribution is -0.138. The van der Waals surface area contributed by atoms with Gasteiger partial charge < -0.3 is 5.73 Å². The SMILES string of the molecule is CC(N)(c1ccccc1)c1ccccc1C(F)(F)F. The molecule has 0 aliphatic carbocycles. The minimum Gasteiger partial charge on any atom is -0.318 e. The Morgan fingerprint density at radius 1 is 0.789 bits per heavy atom. The predicted molar refractivity (Wildman–Crippen MR) is 68.5 cm³/mol. The molecule has 19 heavy (non-hydrogen) atoms. The molecule has 0 aromatic heterocycles. The van der Waals surface area contributed by atoms with Gasteiger partial charge in [0, 0.05) is 0 Å². The molecule has 1 atom stereocenters. The van der Waals surface area contributed by atoms with Gasteiger partial charge in [0.15, 0.2) is 0 Å². The van der Waals surface area contributed by atoms with Crippen molar-refractivity contribution >= 4 is 0 Å². The minimum absolute atomic E-state index is 0.0775. The van der Waals surface area contributed by atoms with Crippen LogP contribution in [0, 0.1) is 0 Å². The molecule has 2 N–H and O–H groups in total. The lowest BCUT2D eigenvalue weighted by Gasteiger charge is -2.29. The molecule has 0 radical (unpaired) electrons. The van der Waals surface area contributed by atoms with Gasteiger partial charge in [-0.3, -0.25) is 0 Å². The molecule has 0 bridgehead atoms. The van der Waals surface area contributed by atoms with E-state index in [2.05, 4.69) is 0 Å². The third-order valence-electron chi connectivity index (χ3n) is 3.17. The van der Waals surface area contributed by atoms with Crippen molar-refractivity contribution in [2.45, 2.75) is 18.6 Å². The predicted octanol–water partition coefficient (Wildman–Crippen LogP) is 3.93. The van der Waals surface area contributed by atoms with Crippen molar-refractivity contribution in [2.75, 3.05) is 0 Å². The number of rotatable bonds is 2. The molecule has 2 aromatic carbocycles. The first-order valence-corrected chi connectivity index (χ1v) is 5.84. The molecular formula is C15H14F3N. The van der Waals surface area contributed by atoms with E-state index in [0.29, 0.717) is 5.56 Å². The van der Waals surface area contributed by atoms with Crippen LogP contribution in [0.4, 0.5) is 13.2 Å². The van der Waals surface area contributed by atoms with Crippen LogP contribution in [-0.2, 0) is 11.7 Å². The summed E-state index contributed by atoms with van der Waals surface area (Å²) in [6.07, 6.45) is -4.41. The standard InChI is InChI=1S/C15H14F3N/c1-14(19,11-7-3-2-4-8-11)12-9-5-6-10-13(12)15(16,17)18/h2-10H,19H2,1H3. The molecule has 0 spiro atoms. The monoisotopic (exact) mass is 265 g/mol. The summed E-state index contributed by atoms with van der Waals surface area (Å²) in [6.45, 7) is 1.59. The van der Waals surface area contributed by atoms with E-state index >= 15 is 0 Å². The Kier molecular flexibility index (Phi) is 3.37. The summed E-state index contributed by atoms with van der Waals surface area (Å²) in [5, 5.41) is 0. The van der Waals surface area contributed by atoms with Crippen molar-refractivity contribution in [2.24, 2.45) is 5.73 Å². The van der Waals surface area contributed by atoms with E-state index in [0.717, 1.165) is 6.07 Å². The fourth-order valence-electron chi connectivity index (χ4n) is 2.12. The summed E-state index contributed by atoms with van der Waals surface area (Å²) in [5.41, 5.74) is 5.00. The molecule has 1 nitrogen and oxygen atoms in total. The van der Waals surface area contributed by atoms with Gasteiger partial charge in [-0.15, -0.1) is 0 Å². The molecule has 0 aliphatic rings. The number of benzene rings is 2. The highest BCUT2D eigenvalue weighted by atomic mass is 19.4. The number of alkyl halides is 3. The summed E-state index contributed by atoms with van der Waals surface area (Å²) < 4.78 is 39.1. The highest BCUT2D eigenvalue weighted by Gasteiger charge is 2.38. The van der Waals surface area contributed by atoms with Crippen molar-refractivity contribution in [3.63, 3.8) is 0 Å². The van der Waals surface area contributed by atoms with Gasteiger partial charge in [0.25, 0.3) is 0 Å². The second kappa shape index (κ2) is 4.70. The Morgan fingerprint density at radius 3 is 1.79 bits per heavy atom. The fraction of sp³-hybridized carbons (Fsp3) is 0.200. The largest absolute Gasteiger partial charge is 0.416 e. The Hall–Kier alpha value is -1.81. The number of nitrogens with two attached hydrogens (primary N) is 1. The lowest BCUT2D eigenvalue weighted by Crippen LogP contribution is -2.36. The normalized spacial score (nSPS) is 15.0. The van der Waals surface area contributed by atoms with Gasteiger partial charge in [0.2, 0.25) is 0 Å². The van der Waals surface area contributed by atoms with E-state index in [-0.39, 0.29) is 5.56 Å². The Labute approximate surface area is 109 Å². The maximum atomic E-state index is 13.0. The second-order valence-corrected chi connectivity index (χ2v) is 4.61. The van der Waals surface area contributed by atoms with Crippen LogP contribution in [0.3, 0.4) is 0 Å². The summed E-state index contributed by atoms with van der Waals surface area (Å²) in [7, 11) is 0. The van der Waals surface area contributed by atoms with E-state index < -0.39 is 17.3 Å². The van der Waals surface area contributed by atoms with Crippen LogP contribution in [0.25, 0.3) is 0 Å². The molecule has 2 aromatic rings. The van der Waals surface area contributed by atoms with Gasteiger partial charge in [-0.25, -0.2) is 0 Å². The molecule has 0 saturated heterocycles. The van der Waals surface area contributed by atoms with Gasteiger partial charge in [-0.1, -0.05) is 48.5 Å². The van der Waals surface area contributed by atoms with Gasteiger partial charge >= 0.3 is 6.18 Å². The number of hydrogen-bond acceptors (Lipinski definition) is 1. The molecule has 100 valence electrons. The van der Waals surface area contributed by atoms with Crippen molar-refractivity contribution < 1.29 is 13.2 Å². The third-order valence-corrected chi connectivity index (χ3v) is 3.17. The van der Waals surface area contributed by atoms with Crippen LogP contribution in [0.5, 0.6) is 0 Å². The van der Waals surface area contributed by atoms with Crippen LogP contribution in [0.1, 0.15) is 23.6 Å². The van der Waals surface area contributed by atoms with Crippen LogP contribution in [0.15, 0.2) is 54.6 Å². The maximum absolute atomic E-state index is 13.0. The van der Waals surface area contributed by atoms with Crippen LogP contribution in [-0.4, -0.2) is 0 Å². The van der Waals surface area contributed by atoms with E-state index in [4.69, 9.17) is 5.73 Å². The Morgan fingerprint density at radius 2 is 1.26 bits per heavy atom. The lowest BCUT2D eigenvalue weighted by atomic mass is 9.83. The van der Waals surface area contributed by atoms with Gasteiger partial charge in [0.1, 0.15) is 0 Å². The quantitative estimate of drug-likeness (QED) is 0.874. The van der Waals surface area contributed by atoms with Crippen LogP contribution in [0.2, 0.25) is 0 Å². The molecular weight excluding hydrogens is 251 g/mol. The van der Waals surface area contributed by atoms with Crippen molar-refractivity contribution in [1.29, 1.82) is 0 Å². The maximum Gasteiger partial charge on any atom is 0.416 e. The Balaban J connectivity index is 2.59. The average Bonchev–Trinajstić information content (AvgIpc) is 2.39. The van der Waals surface area contributed by atoms with E-state index in [1.807, 2.05) is 0 Å². The van der Waals surface area contributed by atoms with Crippen molar-refractivity contribution in [3.05, 3.63) is 71.3 Å². The fourth-order valence-corrected chi connectivity index (χ4v) is 2.12. The first kappa shape index (κ1) is 13.6. The van der Waals surface area contributed by atoms with Crippen molar-refractivity contribution in [3.8, 4) is 0 Å².